The third kappa shape index (κ3) is 3.71. The van der Waals surface area contributed by atoms with Crippen LogP contribution >= 0.6 is 0 Å². The number of carboxylic acid groups (broad SMARTS) is 1. The van der Waals surface area contributed by atoms with Gasteiger partial charge in [0.1, 0.15) is 5.54 Å². The summed E-state index contributed by atoms with van der Waals surface area (Å²) in [6, 6.07) is 0. The quantitative estimate of drug-likeness (QED) is 0.769. The Labute approximate surface area is 121 Å². The van der Waals surface area contributed by atoms with Gasteiger partial charge in [0.25, 0.3) is 0 Å². The van der Waals surface area contributed by atoms with Crippen LogP contribution in [-0.4, -0.2) is 54.9 Å². The maximum absolute atomic E-state index is 11.3. The number of hydrogen-bond donors (Lipinski definition) is 2. The molecule has 116 valence electrons. The van der Waals surface area contributed by atoms with Crippen molar-refractivity contribution < 1.29 is 14.6 Å². The smallest absolute Gasteiger partial charge is 0.323 e. The van der Waals surface area contributed by atoms with Crippen molar-refractivity contribution in [2.75, 3.05) is 33.4 Å². The van der Waals surface area contributed by atoms with E-state index in [0.717, 1.165) is 64.3 Å². The lowest BCUT2D eigenvalue weighted by Gasteiger charge is -2.30. The minimum absolute atomic E-state index is 0.122. The Balaban J connectivity index is 1.75. The van der Waals surface area contributed by atoms with E-state index >= 15 is 0 Å². The van der Waals surface area contributed by atoms with Gasteiger partial charge in [-0.05, 0) is 57.5 Å². The molecule has 2 unspecified atom stereocenters. The van der Waals surface area contributed by atoms with Crippen LogP contribution in [0.15, 0.2) is 0 Å². The third-order valence-corrected chi connectivity index (χ3v) is 5.04. The van der Waals surface area contributed by atoms with E-state index in [1.165, 1.54) is 0 Å². The first kappa shape index (κ1) is 15.7. The van der Waals surface area contributed by atoms with E-state index in [0.29, 0.717) is 6.42 Å². The molecular weight excluding hydrogens is 256 g/mol. The van der Waals surface area contributed by atoms with Crippen molar-refractivity contribution in [1.29, 1.82) is 0 Å². The van der Waals surface area contributed by atoms with Gasteiger partial charge in [0.2, 0.25) is 0 Å². The van der Waals surface area contributed by atoms with E-state index in [-0.39, 0.29) is 5.92 Å². The van der Waals surface area contributed by atoms with Crippen molar-refractivity contribution in [2.24, 2.45) is 17.6 Å². The Morgan fingerprint density at radius 3 is 2.75 bits per heavy atom. The zero-order chi connectivity index (χ0) is 14.6. The largest absolute Gasteiger partial charge is 0.480 e. The van der Waals surface area contributed by atoms with E-state index in [1.807, 2.05) is 0 Å². The van der Waals surface area contributed by atoms with E-state index in [2.05, 4.69) is 11.9 Å². The maximum Gasteiger partial charge on any atom is 0.323 e. The highest BCUT2D eigenvalue weighted by atomic mass is 16.5. The first-order chi connectivity index (χ1) is 9.52. The van der Waals surface area contributed by atoms with Crippen molar-refractivity contribution in [1.82, 2.24) is 4.90 Å². The average Bonchev–Trinajstić information content (AvgIpc) is 2.80. The first-order valence-electron chi connectivity index (χ1n) is 7.81. The summed E-state index contributed by atoms with van der Waals surface area (Å²) < 4.78 is 5.38. The molecule has 1 saturated carbocycles. The number of rotatable bonds is 6. The van der Waals surface area contributed by atoms with Gasteiger partial charge < -0.3 is 20.5 Å². The molecule has 0 bridgehead atoms. The zero-order valence-corrected chi connectivity index (χ0v) is 12.5. The van der Waals surface area contributed by atoms with Crippen LogP contribution in [0.5, 0.6) is 0 Å². The standard InChI is InChI=1S/C15H28N2O3/c1-17(11-12-5-9-20-10-6-12)8-4-13-3-2-7-15(13,16)14(18)19/h12-13H,2-11,16H2,1H3,(H,18,19). The molecule has 1 saturated heterocycles. The number of carbonyl (C=O) groups is 1. The van der Waals surface area contributed by atoms with E-state index < -0.39 is 11.5 Å². The Bertz CT molecular complexity index is 331. The molecule has 2 fully saturated rings. The van der Waals surface area contributed by atoms with Crippen LogP contribution in [0.2, 0.25) is 0 Å². The molecule has 5 heteroatoms. The molecule has 0 aromatic carbocycles. The molecule has 0 aromatic heterocycles. The molecular formula is C15H28N2O3. The maximum atomic E-state index is 11.3. The highest BCUT2D eigenvalue weighted by Gasteiger charge is 2.45. The summed E-state index contributed by atoms with van der Waals surface area (Å²) in [5.74, 6) is 0.0173. The van der Waals surface area contributed by atoms with Gasteiger partial charge in [0, 0.05) is 19.8 Å². The van der Waals surface area contributed by atoms with Gasteiger partial charge in [-0.1, -0.05) is 6.42 Å². The molecule has 2 aliphatic rings. The first-order valence-corrected chi connectivity index (χ1v) is 7.81. The predicted molar refractivity (Wildman–Crippen MR) is 77.6 cm³/mol. The Morgan fingerprint density at radius 2 is 2.10 bits per heavy atom. The fraction of sp³-hybridized carbons (Fsp3) is 0.933. The van der Waals surface area contributed by atoms with Crippen molar-refractivity contribution in [3.63, 3.8) is 0 Å². The Kier molecular flexibility index (Phi) is 5.41. The van der Waals surface area contributed by atoms with Crippen LogP contribution < -0.4 is 5.73 Å². The van der Waals surface area contributed by atoms with Gasteiger partial charge in [-0.3, -0.25) is 4.79 Å². The normalized spacial score (nSPS) is 31.9. The lowest BCUT2D eigenvalue weighted by atomic mass is 9.85. The van der Waals surface area contributed by atoms with Crippen LogP contribution in [0.1, 0.15) is 38.5 Å². The van der Waals surface area contributed by atoms with Gasteiger partial charge in [0.05, 0.1) is 0 Å². The highest BCUT2D eigenvalue weighted by molar-refractivity contribution is 5.79. The summed E-state index contributed by atoms with van der Waals surface area (Å²) in [5, 5.41) is 9.32. The van der Waals surface area contributed by atoms with E-state index in [1.54, 1.807) is 0 Å². The van der Waals surface area contributed by atoms with Crippen LogP contribution in [0.3, 0.4) is 0 Å². The predicted octanol–water partition coefficient (Wildman–Crippen LogP) is 1.32. The molecule has 0 amide bonds. The van der Waals surface area contributed by atoms with Crippen LogP contribution in [-0.2, 0) is 9.53 Å². The second-order valence-corrected chi connectivity index (χ2v) is 6.54. The monoisotopic (exact) mass is 284 g/mol. The summed E-state index contributed by atoms with van der Waals surface area (Å²) in [6.07, 6.45) is 5.69. The summed E-state index contributed by atoms with van der Waals surface area (Å²) in [7, 11) is 2.13. The van der Waals surface area contributed by atoms with E-state index in [4.69, 9.17) is 10.5 Å². The second kappa shape index (κ2) is 6.87. The fourth-order valence-electron chi connectivity index (χ4n) is 3.62. The molecule has 2 rings (SSSR count). The molecule has 1 heterocycles. The molecule has 0 radical (unpaired) electrons. The van der Waals surface area contributed by atoms with E-state index in [9.17, 15) is 9.90 Å². The number of carboxylic acids is 1. The van der Waals surface area contributed by atoms with Crippen molar-refractivity contribution in [3.05, 3.63) is 0 Å². The zero-order valence-electron chi connectivity index (χ0n) is 12.5. The lowest BCUT2D eigenvalue weighted by Crippen LogP contribution is -2.51. The summed E-state index contributed by atoms with van der Waals surface area (Å²) in [5.41, 5.74) is 5.10. The number of hydrogen-bond acceptors (Lipinski definition) is 4. The second-order valence-electron chi connectivity index (χ2n) is 6.54. The SMILES string of the molecule is CN(CCC1CCCC1(N)C(=O)O)CC1CCOCC1. The average molecular weight is 284 g/mol. The third-order valence-electron chi connectivity index (χ3n) is 5.04. The molecule has 0 aromatic rings. The van der Waals surface area contributed by atoms with Gasteiger partial charge in [-0.15, -0.1) is 0 Å². The molecule has 3 N–H and O–H groups in total. The minimum atomic E-state index is -0.987. The number of aliphatic carboxylic acids is 1. The fourth-order valence-corrected chi connectivity index (χ4v) is 3.62. The lowest BCUT2D eigenvalue weighted by molar-refractivity contribution is -0.144. The Morgan fingerprint density at radius 1 is 1.40 bits per heavy atom. The van der Waals surface area contributed by atoms with Gasteiger partial charge in [-0.2, -0.15) is 0 Å². The molecule has 5 nitrogen and oxygen atoms in total. The Hall–Kier alpha value is -0.650. The van der Waals surface area contributed by atoms with Gasteiger partial charge in [0.15, 0.2) is 0 Å². The molecule has 20 heavy (non-hydrogen) atoms. The molecule has 2 atom stereocenters. The summed E-state index contributed by atoms with van der Waals surface area (Å²) in [6.45, 7) is 3.78. The van der Waals surface area contributed by atoms with Crippen molar-refractivity contribution in [3.8, 4) is 0 Å². The molecule has 1 aliphatic carbocycles. The van der Waals surface area contributed by atoms with Gasteiger partial charge in [-0.25, -0.2) is 0 Å². The van der Waals surface area contributed by atoms with Crippen LogP contribution in [0, 0.1) is 11.8 Å². The summed E-state index contributed by atoms with van der Waals surface area (Å²) >= 11 is 0. The van der Waals surface area contributed by atoms with Crippen molar-refractivity contribution >= 4 is 5.97 Å². The van der Waals surface area contributed by atoms with Crippen molar-refractivity contribution in [2.45, 2.75) is 44.1 Å². The number of nitrogens with two attached hydrogens (primary N) is 1. The number of ether oxygens (including phenoxy) is 1. The number of nitrogens with zero attached hydrogens (tertiary/aromatic N) is 1. The summed E-state index contributed by atoms with van der Waals surface area (Å²) in [4.78, 5) is 13.7. The van der Waals surface area contributed by atoms with Crippen LogP contribution in [0.4, 0.5) is 0 Å². The van der Waals surface area contributed by atoms with Gasteiger partial charge >= 0.3 is 5.97 Å². The topological polar surface area (TPSA) is 75.8 Å². The molecule has 0 spiro atoms. The highest BCUT2D eigenvalue weighted by Crippen LogP contribution is 2.36. The van der Waals surface area contributed by atoms with Crippen LogP contribution in [0.25, 0.3) is 0 Å². The minimum Gasteiger partial charge on any atom is -0.480 e. The molecule has 1 aliphatic heterocycles.